The molecule has 2 aliphatic rings. The van der Waals surface area contributed by atoms with Gasteiger partial charge in [0.2, 0.25) is 5.91 Å². The maximum atomic E-state index is 11.9. The molecule has 2 fully saturated rings. The van der Waals surface area contributed by atoms with Crippen LogP contribution in [0.25, 0.3) is 0 Å². The number of nitrogens with one attached hydrogen (secondary N) is 1. The van der Waals surface area contributed by atoms with Crippen molar-refractivity contribution in [2.45, 2.75) is 63.3 Å². The fourth-order valence-electron chi connectivity index (χ4n) is 2.82. The zero-order chi connectivity index (χ0) is 11.4. The quantitative estimate of drug-likeness (QED) is 0.750. The van der Waals surface area contributed by atoms with E-state index in [9.17, 15) is 4.79 Å². The minimum atomic E-state index is 0.0945. The topological polar surface area (TPSA) is 55.1 Å². The molecule has 0 aromatic heterocycles. The number of amides is 1. The van der Waals surface area contributed by atoms with E-state index in [1.807, 2.05) is 0 Å². The third kappa shape index (κ3) is 2.97. The molecule has 92 valence electrons. The van der Waals surface area contributed by atoms with E-state index in [-0.39, 0.29) is 5.54 Å². The standard InChI is InChI=1S/C13H24N2O/c14-10-4-9-13(7-2-1-3-8-13)15-12(16)11-5-6-11/h11H,1-10,14H2,(H,15,16). The molecule has 1 amide bonds. The van der Waals surface area contributed by atoms with Crippen LogP contribution in [0.1, 0.15) is 57.8 Å². The number of hydrogen-bond donors (Lipinski definition) is 2. The Morgan fingerprint density at radius 2 is 1.94 bits per heavy atom. The first kappa shape index (κ1) is 11.9. The van der Waals surface area contributed by atoms with E-state index in [0.717, 1.165) is 45.1 Å². The first-order valence-electron chi connectivity index (χ1n) is 6.78. The summed E-state index contributed by atoms with van der Waals surface area (Å²) in [7, 11) is 0. The number of carbonyl (C=O) groups is 1. The molecule has 0 radical (unpaired) electrons. The molecule has 3 heteroatoms. The van der Waals surface area contributed by atoms with Crippen molar-refractivity contribution in [3.8, 4) is 0 Å². The Kier molecular flexibility index (Phi) is 3.85. The molecule has 2 rings (SSSR count). The smallest absolute Gasteiger partial charge is 0.223 e. The maximum Gasteiger partial charge on any atom is 0.223 e. The second-order valence-corrected chi connectivity index (χ2v) is 5.50. The van der Waals surface area contributed by atoms with Gasteiger partial charge in [0.25, 0.3) is 0 Å². The van der Waals surface area contributed by atoms with Crippen molar-refractivity contribution in [3.63, 3.8) is 0 Å². The van der Waals surface area contributed by atoms with Crippen LogP contribution in [0.3, 0.4) is 0 Å². The predicted molar refractivity (Wildman–Crippen MR) is 65.0 cm³/mol. The van der Waals surface area contributed by atoms with E-state index in [2.05, 4.69) is 5.32 Å². The Bertz CT molecular complexity index is 242. The molecule has 0 atom stereocenters. The summed E-state index contributed by atoms with van der Waals surface area (Å²) < 4.78 is 0. The van der Waals surface area contributed by atoms with E-state index in [4.69, 9.17) is 5.73 Å². The number of rotatable bonds is 5. The molecule has 0 aromatic rings. The van der Waals surface area contributed by atoms with Crippen LogP contribution < -0.4 is 11.1 Å². The molecular weight excluding hydrogens is 200 g/mol. The Morgan fingerprint density at radius 1 is 1.25 bits per heavy atom. The van der Waals surface area contributed by atoms with Gasteiger partial charge in [-0.3, -0.25) is 4.79 Å². The lowest BCUT2D eigenvalue weighted by Gasteiger charge is -2.38. The fraction of sp³-hybridized carbons (Fsp3) is 0.923. The third-order valence-electron chi connectivity index (χ3n) is 4.01. The third-order valence-corrected chi connectivity index (χ3v) is 4.01. The Morgan fingerprint density at radius 3 is 2.50 bits per heavy atom. The molecule has 0 saturated heterocycles. The Hall–Kier alpha value is -0.570. The summed E-state index contributed by atoms with van der Waals surface area (Å²) in [5.41, 5.74) is 5.69. The molecule has 0 unspecified atom stereocenters. The van der Waals surface area contributed by atoms with Crippen molar-refractivity contribution in [1.82, 2.24) is 5.32 Å². The largest absolute Gasteiger partial charge is 0.350 e. The van der Waals surface area contributed by atoms with Crippen LogP contribution in [0.2, 0.25) is 0 Å². The second-order valence-electron chi connectivity index (χ2n) is 5.50. The van der Waals surface area contributed by atoms with Gasteiger partial charge in [0.15, 0.2) is 0 Å². The average Bonchev–Trinajstić information content (AvgIpc) is 3.11. The molecule has 0 heterocycles. The lowest BCUT2D eigenvalue weighted by atomic mass is 9.78. The van der Waals surface area contributed by atoms with Crippen molar-refractivity contribution in [3.05, 3.63) is 0 Å². The highest BCUT2D eigenvalue weighted by Crippen LogP contribution is 2.35. The molecule has 0 bridgehead atoms. The van der Waals surface area contributed by atoms with Gasteiger partial charge < -0.3 is 11.1 Å². The maximum absolute atomic E-state index is 11.9. The zero-order valence-electron chi connectivity index (χ0n) is 10.1. The summed E-state index contributed by atoms with van der Waals surface area (Å²) in [4.78, 5) is 11.9. The minimum Gasteiger partial charge on any atom is -0.350 e. The summed E-state index contributed by atoms with van der Waals surface area (Å²) in [6.07, 6.45) is 10.5. The number of nitrogens with two attached hydrogens (primary N) is 1. The average molecular weight is 224 g/mol. The minimum absolute atomic E-state index is 0.0945. The van der Waals surface area contributed by atoms with Gasteiger partial charge in [-0.2, -0.15) is 0 Å². The van der Waals surface area contributed by atoms with Crippen LogP contribution in [0.4, 0.5) is 0 Å². The van der Waals surface area contributed by atoms with Gasteiger partial charge in [-0.05, 0) is 45.1 Å². The van der Waals surface area contributed by atoms with Crippen molar-refractivity contribution in [2.24, 2.45) is 11.7 Å². The molecule has 2 aliphatic carbocycles. The number of hydrogen-bond acceptors (Lipinski definition) is 2. The normalized spacial score (nSPS) is 24.1. The monoisotopic (exact) mass is 224 g/mol. The molecule has 0 spiro atoms. The highest BCUT2D eigenvalue weighted by atomic mass is 16.2. The van der Waals surface area contributed by atoms with Gasteiger partial charge in [-0.1, -0.05) is 19.3 Å². The lowest BCUT2D eigenvalue weighted by molar-refractivity contribution is -0.124. The molecule has 0 aromatic carbocycles. The fourth-order valence-corrected chi connectivity index (χ4v) is 2.82. The van der Waals surface area contributed by atoms with Crippen molar-refractivity contribution < 1.29 is 4.79 Å². The Labute approximate surface area is 98.2 Å². The van der Waals surface area contributed by atoms with Gasteiger partial charge in [0.1, 0.15) is 0 Å². The van der Waals surface area contributed by atoms with Crippen LogP contribution in [-0.4, -0.2) is 18.0 Å². The zero-order valence-corrected chi connectivity index (χ0v) is 10.1. The van der Waals surface area contributed by atoms with Crippen LogP contribution in [0.15, 0.2) is 0 Å². The van der Waals surface area contributed by atoms with Gasteiger partial charge in [0, 0.05) is 11.5 Å². The van der Waals surface area contributed by atoms with Crippen LogP contribution in [0.5, 0.6) is 0 Å². The summed E-state index contributed by atoms with van der Waals surface area (Å²) in [6, 6.07) is 0. The molecule has 3 nitrogen and oxygen atoms in total. The summed E-state index contributed by atoms with van der Waals surface area (Å²) >= 11 is 0. The van der Waals surface area contributed by atoms with Crippen LogP contribution in [-0.2, 0) is 4.79 Å². The second kappa shape index (κ2) is 5.17. The van der Waals surface area contributed by atoms with E-state index in [1.165, 1.54) is 19.3 Å². The van der Waals surface area contributed by atoms with Crippen molar-refractivity contribution in [1.29, 1.82) is 0 Å². The SMILES string of the molecule is NCCCC1(NC(=O)C2CC2)CCCCC1. The van der Waals surface area contributed by atoms with Gasteiger partial charge >= 0.3 is 0 Å². The lowest BCUT2D eigenvalue weighted by Crippen LogP contribution is -2.50. The van der Waals surface area contributed by atoms with E-state index in [0.29, 0.717) is 11.8 Å². The first-order valence-corrected chi connectivity index (χ1v) is 6.78. The number of carbonyl (C=O) groups excluding carboxylic acids is 1. The summed E-state index contributed by atoms with van der Waals surface area (Å²) in [6.45, 7) is 0.737. The van der Waals surface area contributed by atoms with E-state index < -0.39 is 0 Å². The van der Waals surface area contributed by atoms with Crippen LogP contribution in [0, 0.1) is 5.92 Å². The van der Waals surface area contributed by atoms with E-state index in [1.54, 1.807) is 0 Å². The predicted octanol–water partition coefficient (Wildman–Crippen LogP) is 1.95. The molecule has 2 saturated carbocycles. The summed E-state index contributed by atoms with van der Waals surface area (Å²) in [5.74, 6) is 0.635. The van der Waals surface area contributed by atoms with Gasteiger partial charge in [-0.25, -0.2) is 0 Å². The molecule has 3 N–H and O–H groups in total. The van der Waals surface area contributed by atoms with Crippen molar-refractivity contribution in [2.75, 3.05) is 6.54 Å². The molecule has 16 heavy (non-hydrogen) atoms. The highest BCUT2D eigenvalue weighted by Gasteiger charge is 2.37. The van der Waals surface area contributed by atoms with Crippen molar-refractivity contribution >= 4 is 5.91 Å². The first-order chi connectivity index (χ1) is 7.76. The Balaban J connectivity index is 1.91. The molecule has 0 aliphatic heterocycles. The van der Waals surface area contributed by atoms with Crippen LogP contribution >= 0.6 is 0 Å². The van der Waals surface area contributed by atoms with Gasteiger partial charge in [-0.15, -0.1) is 0 Å². The van der Waals surface area contributed by atoms with Gasteiger partial charge in [0.05, 0.1) is 0 Å². The summed E-state index contributed by atoms with van der Waals surface area (Å²) in [5, 5.41) is 3.33. The van der Waals surface area contributed by atoms with E-state index >= 15 is 0 Å². The molecular formula is C13H24N2O. The highest BCUT2D eigenvalue weighted by molar-refractivity contribution is 5.81.